The van der Waals surface area contributed by atoms with Crippen molar-refractivity contribution in [3.05, 3.63) is 119 Å². The first-order chi connectivity index (χ1) is 30.6. The van der Waals surface area contributed by atoms with Crippen LogP contribution in [0.25, 0.3) is 5.57 Å². The fourth-order valence-electron chi connectivity index (χ4n) is 8.76. The third-order valence-electron chi connectivity index (χ3n) is 12.6. The monoisotopic (exact) mass is 951 g/mol. The van der Waals surface area contributed by atoms with Crippen LogP contribution in [0.2, 0.25) is 5.02 Å². The molecule has 1 amide bonds. The second-order valence-electron chi connectivity index (χ2n) is 18.3. The van der Waals surface area contributed by atoms with E-state index < -0.39 is 5.51 Å². The molecule has 2 saturated heterocycles. The number of benzene rings is 4. The van der Waals surface area contributed by atoms with Gasteiger partial charge in [0.25, 0.3) is 5.91 Å². The molecule has 2 fully saturated rings. The number of carbonyl (C=O) groups is 1. The number of allylic oxidation sites excluding steroid dienone is 1. The summed E-state index contributed by atoms with van der Waals surface area (Å²) in [4.78, 5) is 22.1. The highest BCUT2D eigenvalue weighted by Gasteiger charge is 2.31. The predicted molar refractivity (Wildman–Crippen MR) is 268 cm³/mol. The molecule has 7 rings (SSSR count). The Kier molecular flexibility index (Phi) is 18.8. The molecule has 64 heavy (non-hydrogen) atoms. The molecular formula is C51H65ClF3N5OS3. The van der Waals surface area contributed by atoms with Crippen molar-refractivity contribution < 1.29 is 18.0 Å². The number of carbonyl (C=O) groups excluding carboxylic acids is 1. The van der Waals surface area contributed by atoms with E-state index in [0.717, 1.165) is 80.1 Å². The molecule has 0 bridgehead atoms. The lowest BCUT2D eigenvalue weighted by molar-refractivity contribution is -0.0328. The molecule has 0 saturated carbocycles. The van der Waals surface area contributed by atoms with E-state index in [-0.39, 0.29) is 28.3 Å². The molecule has 3 aliphatic rings. The van der Waals surface area contributed by atoms with E-state index in [0.29, 0.717) is 15.9 Å². The number of nitrogens with two attached hydrogens (primary N) is 1. The zero-order chi connectivity index (χ0) is 45.7. The fourth-order valence-corrected chi connectivity index (χ4v) is 11.2. The van der Waals surface area contributed by atoms with Crippen LogP contribution in [0.5, 0.6) is 0 Å². The van der Waals surface area contributed by atoms with E-state index in [2.05, 4.69) is 89.6 Å². The van der Waals surface area contributed by atoms with Crippen molar-refractivity contribution in [3.63, 3.8) is 0 Å². The lowest BCUT2D eigenvalue weighted by Crippen LogP contribution is -2.47. The highest BCUT2D eigenvalue weighted by atomic mass is 35.5. The molecule has 0 aromatic heterocycles. The van der Waals surface area contributed by atoms with Gasteiger partial charge in [0.1, 0.15) is 0 Å². The van der Waals surface area contributed by atoms with Gasteiger partial charge in [-0.05, 0) is 189 Å². The average molecular weight is 953 g/mol. The molecule has 2 heterocycles. The largest absolute Gasteiger partial charge is 0.446 e. The van der Waals surface area contributed by atoms with E-state index in [9.17, 15) is 18.0 Å². The summed E-state index contributed by atoms with van der Waals surface area (Å²) in [7, 11) is 0. The molecule has 0 unspecified atom stereocenters. The van der Waals surface area contributed by atoms with Crippen LogP contribution in [0, 0.1) is 17.3 Å². The highest BCUT2D eigenvalue weighted by Crippen LogP contribution is 2.43. The van der Waals surface area contributed by atoms with Crippen LogP contribution in [0.4, 0.5) is 24.5 Å². The number of rotatable bonds is 15. The quantitative estimate of drug-likeness (QED) is 0.0529. The third kappa shape index (κ3) is 16.0. The Bertz CT molecular complexity index is 2100. The lowest BCUT2D eigenvalue weighted by Gasteiger charge is -2.39. The number of halogens is 4. The number of piperazine rings is 1. The number of nitrogen functional groups attached to an aromatic ring is 1. The van der Waals surface area contributed by atoms with Gasteiger partial charge >= 0.3 is 5.51 Å². The molecule has 4 aromatic rings. The summed E-state index contributed by atoms with van der Waals surface area (Å²) in [6, 6.07) is 30.7. The zero-order valence-corrected chi connectivity index (χ0v) is 41.0. The SMILES string of the molecule is CC(C)C1CCN(CCCCSc2ccccc2)CC1.CC1(C)CCC(c2ccc(Cl)cc2)=C(CN2CCN(c3ccc(C(=O)NSc4ccc(N)c(SC(F)(F)F)c4)cc3)CC2)C1. The topological polar surface area (TPSA) is 64.8 Å². The van der Waals surface area contributed by atoms with Crippen molar-refractivity contribution in [2.75, 3.05) is 68.7 Å². The van der Waals surface area contributed by atoms with Gasteiger partial charge in [0.15, 0.2) is 0 Å². The number of nitrogens with one attached hydrogen (secondary N) is 1. The van der Waals surface area contributed by atoms with Gasteiger partial charge < -0.3 is 15.5 Å². The maximum atomic E-state index is 12.8. The number of alkyl halides is 3. The molecule has 3 N–H and O–H groups in total. The van der Waals surface area contributed by atoms with Gasteiger partial charge in [0.05, 0.1) is 0 Å². The first kappa shape index (κ1) is 50.2. The van der Waals surface area contributed by atoms with E-state index in [1.165, 1.54) is 91.2 Å². The van der Waals surface area contributed by atoms with Gasteiger partial charge in [-0.25, -0.2) is 0 Å². The van der Waals surface area contributed by atoms with Crippen molar-refractivity contribution in [1.82, 2.24) is 14.5 Å². The Hall–Kier alpha value is -3.26. The van der Waals surface area contributed by atoms with Crippen molar-refractivity contribution in [2.45, 2.75) is 92.8 Å². The normalized spacial score (nSPS) is 17.6. The number of unbranched alkanes of at least 4 members (excludes halogenated alkanes) is 1. The first-order valence-electron chi connectivity index (χ1n) is 22.7. The molecule has 1 aliphatic carbocycles. The number of likely N-dealkylation sites (tertiary alicyclic amines) is 1. The second kappa shape index (κ2) is 24.0. The van der Waals surface area contributed by atoms with Crippen molar-refractivity contribution in [2.24, 2.45) is 17.3 Å². The van der Waals surface area contributed by atoms with Crippen LogP contribution in [0.3, 0.4) is 0 Å². The summed E-state index contributed by atoms with van der Waals surface area (Å²) < 4.78 is 41.1. The molecule has 0 radical (unpaired) electrons. The van der Waals surface area contributed by atoms with Crippen molar-refractivity contribution in [1.29, 1.82) is 0 Å². The Morgan fingerprint density at radius 3 is 2.20 bits per heavy atom. The molecule has 2 aliphatic heterocycles. The molecule has 13 heteroatoms. The number of anilines is 2. The summed E-state index contributed by atoms with van der Waals surface area (Å²) in [5.74, 6) is 2.78. The molecule has 0 atom stereocenters. The van der Waals surface area contributed by atoms with E-state index in [1.807, 2.05) is 36.0 Å². The standard InChI is InChI=1S/C33H36ClF3N4OS2.C18H29NS/c1-32(2)14-13-28(22-3-7-25(34)8-4-22)24(20-32)21-40-15-17-41(18-16-40)26-9-5-23(6-10-26)31(42)39-44-27-11-12-29(38)30(19-27)43-33(35,36)37;1-16(2)17-10-13-19(14-11-17)12-6-7-15-20-18-8-4-3-5-9-18/h3-12,19H,13-18,20-21,38H2,1-2H3,(H,39,42);3-5,8-9,16-17H,6-7,10-15H2,1-2H3. The number of piperidine rings is 1. The van der Waals surface area contributed by atoms with Gasteiger partial charge in [0.2, 0.25) is 0 Å². The molecule has 6 nitrogen and oxygen atoms in total. The summed E-state index contributed by atoms with van der Waals surface area (Å²) in [5, 5.41) is 0.759. The van der Waals surface area contributed by atoms with Crippen LogP contribution in [0.1, 0.15) is 88.6 Å². The van der Waals surface area contributed by atoms with Crippen LogP contribution < -0.4 is 15.4 Å². The van der Waals surface area contributed by atoms with Crippen LogP contribution in [0.15, 0.2) is 117 Å². The summed E-state index contributed by atoms with van der Waals surface area (Å²) >= 11 is 8.84. The smallest absolute Gasteiger partial charge is 0.398 e. The van der Waals surface area contributed by atoms with Crippen molar-refractivity contribution in [3.8, 4) is 0 Å². The van der Waals surface area contributed by atoms with Crippen LogP contribution >= 0.6 is 47.1 Å². The second-order valence-corrected chi connectivity index (χ2v) is 21.9. The molecular weight excluding hydrogens is 887 g/mol. The zero-order valence-electron chi connectivity index (χ0n) is 37.8. The maximum Gasteiger partial charge on any atom is 0.446 e. The summed E-state index contributed by atoms with van der Waals surface area (Å²) in [6.07, 6.45) is 8.88. The van der Waals surface area contributed by atoms with Gasteiger partial charge in [-0.3, -0.25) is 14.4 Å². The lowest BCUT2D eigenvalue weighted by atomic mass is 9.73. The Labute approximate surface area is 397 Å². The van der Waals surface area contributed by atoms with Crippen molar-refractivity contribution >= 4 is 69.9 Å². The summed E-state index contributed by atoms with van der Waals surface area (Å²) in [5.41, 5.74) is 7.37. The first-order valence-corrected chi connectivity index (χ1v) is 25.7. The minimum Gasteiger partial charge on any atom is -0.398 e. The highest BCUT2D eigenvalue weighted by molar-refractivity contribution is 8.00. The third-order valence-corrected chi connectivity index (χ3v) is 15.5. The van der Waals surface area contributed by atoms with Crippen LogP contribution in [-0.2, 0) is 0 Å². The van der Waals surface area contributed by atoms with E-state index in [4.69, 9.17) is 17.3 Å². The molecule has 346 valence electrons. The number of nitrogens with zero attached hydrogens (tertiary/aromatic N) is 3. The minimum absolute atomic E-state index is 0.0390. The van der Waals surface area contributed by atoms with Gasteiger partial charge in [-0.15, -0.1) is 11.8 Å². The Morgan fingerprint density at radius 1 is 0.859 bits per heavy atom. The van der Waals surface area contributed by atoms with Crippen LogP contribution in [-0.4, -0.2) is 79.3 Å². The minimum atomic E-state index is -4.44. The van der Waals surface area contributed by atoms with Gasteiger partial charge in [-0.1, -0.05) is 75.2 Å². The predicted octanol–water partition coefficient (Wildman–Crippen LogP) is 13.7. The molecule has 0 spiro atoms. The average Bonchev–Trinajstić information content (AvgIpc) is 3.27. The maximum absolute atomic E-state index is 12.8. The van der Waals surface area contributed by atoms with Gasteiger partial charge in [0, 0.05) is 69.4 Å². The Balaban J connectivity index is 0.000000284. The Morgan fingerprint density at radius 2 is 1.55 bits per heavy atom. The number of amides is 1. The summed E-state index contributed by atoms with van der Waals surface area (Å²) in [6.45, 7) is 18.1. The van der Waals surface area contributed by atoms with Gasteiger partial charge in [-0.2, -0.15) is 13.2 Å². The number of hydrogen-bond acceptors (Lipinski definition) is 8. The van der Waals surface area contributed by atoms with E-state index >= 15 is 0 Å². The molecule has 4 aromatic carbocycles. The fraction of sp³-hybridized carbons (Fsp3) is 0.471. The van der Waals surface area contributed by atoms with E-state index in [1.54, 1.807) is 18.2 Å². The number of thioether (sulfide) groups is 2. The number of hydrogen-bond donors (Lipinski definition) is 2.